The lowest BCUT2D eigenvalue weighted by Crippen LogP contribution is -2.62. The van der Waals surface area contributed by atoms with E-state index in [0.717, 1.165) is 0 Å². The summed E-state index contributed by atoms with van der Waals surface area (Å²) in [6.07, 6.45) is -12.5. The molecule has 0 aromatic rings. The van der Waals surface area contributed by atoms with Crippen molar-refractivity contribution in [3.8, 4) is 0 Å². The molecule has 2 saturated heterocycles. The van der Waals surface area contributed by atoms with Gasteiger partial charge in [0, 0.05) is 0 Å². The Hall–Kier alpha value is -1.74. The molecule has 0 bridgehead atoms. The highest BCUT2D eigenvalue weighted by atomic mass is 16.8. The van der Waals surface area contributed by atoms with Crippen LogP contribution in [0.25, 0.3) is 0 Å². The van der Waals surface area contributed by atoms with E-state index in [9.17, 15) is 30.6 Å². The molecule has 15 nitrogen and oxygen atoms in total. The standard InChI is InChI=1S/C12H22N6O9/c13-17-15-1-4-6(20)8(22)9(23)11(25-4)27-12(3-19)10(24)7(21)5(26-12)2-16-18-14/h4-11,13-14,19-24H,1-3H2/q+2. The van der Waals surface area contributed by atoms with Crippen molar-refractivity contribution >= 4 is 0 Å². The molecule has 9 atom stereocenters. The fourth-order valence-corrected chi connectivity index (χ4v) is 2.87. The number of nitrogens with zero attached hydrogens (tertiary/aromatic N) is 4. The average Bonchev–Trinajstić information content (AvgIpc) is 2.91. The number of ether oxygens (including phenoxy) is 3. The van der Waals surface area contributed by atoms with Gasteiger partial charge < -0.3 is 44.8 Å². The van der Waals surface area contributed by atoms with Crippen LogP contribution in [-0.4, -0.2) is 105 Å². The van der Waals surface area contributed by atoms with Crippen LogP contribution in [0.3, 0.4) is 0 Å². The van der Waals surface area contributed by atoms with Gasteiger partial charge >= 0.3 is 0 Å². The van der Waals surface area contributed by atoms with Crippen molar-refractivity contribution in [2.24, 2.45) is 10.2 Å². The molecule has 0 aliphatic carbocycles. The Labute approximate surface area is 151 Å². The minimum Gasteiger partial charge on any atom is -0.391 e. The minimum atomic E-state index is -2.24. The van der Waals surface area contributed by atoms with Gasteiger partial charge in [0.25, 0.3) is 0 Å². The topological polar surface area (TPSA) is 250 Å². The molecule has 0 radical (unpaired) electrons. The number of hydrogen-bond donors (Lipinski definition) is 8. The molecule has 27 heavy (non-hydrogen) atoms. The van der Waals surface area contributed by atoms with Crippen molar-refractivity contribution in [2.45, 2.75) is 54.8 Å². The lowest BCUT2D eigenvalue weighted by Gasteiger charge is -2.42. The van der Waals surface area contributed by atoms with Crippen molar-refractivity contribution in [1.29, 1.82) is 11.1 Å². The molecule has 2 heterocycles. The zero-order valence-corrected chi connectivity index (χ0v) is 13.9. The monoisotopic (exact) mass is 394 g/mol. The normalized spacial score (nSPS) is 44.4. The highest BCUT2D eigenvalue weighted by Crippen LogP contribution is 2.36. The SMILES string of the molecule is N=[N+]=NCC1OC(OC2(CO)OC(CN=[N+]=N)C(O)C2O)C(O)C(O)C1O. The molecule has 152 valence electrons. The molecule has 0 spiro atoms. The average molecular weight is 394 g/mol. The molecule has 0 aromatic heterocycles. The summed E-state index contributed by atoms with van der Waals surface area (Å²) < 4.78 is 16.0. The van der Waals surface area contributed by atoms with Gasteiger partial charge in [-0.3, -0.25) is 0 Å². The van der Waals surface area contributed by atoms with E-state index >= 15 is 0 Å². The summed E-state index contributed by atoms with van der Waals surface area (Å²) in [6.45, 7) is -1.62. The van der Waals surface area contributed by atoms with Crippen LogP contribution in [0.1, 0.15) is 0 Å². The van der Waals surface area contributed by atoms with E-state index in [1.807, 2.05) is 0 Å². The Morgan fingerprint density at radius 3 is 2.04 bits per heavy atom. The fraction of sp³-hybridized carbons (Fsp3) is 1.00. The van der Waals surface area contributed by atoms with E-state index in [-0.39, 0.29) is 13.1 Å². The van der Waals surface area contributed by atoms with Gasteiger partial charge in [0.2, 0.25) is 15.6 Å². The number of aliphatic hydroxyl groups excluding tert-OH is 6. The van der Waals surface area contributed by atoms with Crippen molar-refractivity contribution in [1.82, 2.24) is 9.82 Å². The summed E-state index contributed by atoms with van der Waals surface area (Å²) in [6, 6.07) is 0. The number of nitrogens with one attached hydrogen (secondary N) is 2. The summed E-state index contributed by atoms with van der Waals surface area (Å²) in [4.78, 5) is 5.51. The van der Waals surface area contributed by atoms with E-state index in [2.05, 4.69) is 20.1 Å². The molecule has 2 fully saturated rings. The highest BCUT2D eigenvalue weighted by molar-refractivity contribution is 4.99. The van der Waals surface area contributed by atoms with Crippen LogP contribution in [0.15, 0.2) is 10.2 Å². The third-order valence-corrected chi connectivity index (χ3v) is 4.38. The summed E-state index contributed by atoms with van der Waals surface area (Å²) in [5.74, 6) is -2.24. The molecule has 15 heteroatoms. The lowest BCUT2D eigenvalue weighted by molar-refractivity contribution is -0.380. The van der Waals surface area contributed by atoms with Crippen LogP contribution in [0.4, 0.5) is 0 Å². The second kappa shape index (κ2) is 8.97. The first-order valence-electron chi connectivity index (χ1n) is 7.90. The Balaban J connectivity index is 2.20. The molecule has 9 unspecified atom stereocenters. The zero-order valence-electron chi connectivity index (χ0n) is 13.9. The van der Waals surface area contributed by atoms with Gasteiger partial charge in [-0.15, -0.1) is 0 Å². The minimum absolute atomic E-state index is 0.311. The van der Waals surface area contributed by atoms with Gasteiger partial charge in [0.1, 0.15) is 70.6 Å². The van der Waals surface area contributed by atoms with Gasteiger partial charge in [-0.2, -0.15) is 0 Å². The summed E-state index contributed by atoms with van der Waals surface area (Å²) in [5, 5.41) is 66.6. The van der Waals surface area contributed by atoms with E-state index in [1.165, 1.54) is 0 Å². The molecule has 2 aliphatic rings. The maximum absolute atomic E-state index is 10.2. The number of rotatable bonds is 7. The molecule has 8 N–H and O–H groups in total. The first-order chi connectivity index (χ1) is 12.8. The second-order valence-electron chi connectivity index (χ2n) is 6.04. The Bertz CT molecular complexity index is 614. The van der Waals surface area contributed by atoms with Crippen molar-refractivity contribution in [3.63, 3.8) is 0 Å². The maximum Gasteiger partial charge on any atom is 0.224 e. The molecule has 0 saturated carbocycles. The first-order valence-corrected chi connectivity index (χ1v) is 7.90. The van der Waals surface area contributed by atoms with Crippen LogP contribution in [0.2, 0.25) is 0 Å². The van der Waals surface area contributed by atoms with Crippen LogP contribution < -0.4 is 9.82 Å². The van der Waals surface area contributed by atoms with Crippen molar-refractivity contribution in [2.75, 3.05) is 19.7 Å². The summed E-state index contributed by atoms with van der Waals surface area (Å²) >= 11 is 0. The number of hydrogen-bond acceptors (Lipinski definition) is 13. The van der Waals surface area contributed by atoms with Crippen LogP contribution >= 0.6 is 0 Å². The number of aliphatic hydroxyl groups is 6. The van der Waals surface area contributed by atoms with Crippen molar-refractivity contribution in [3.05, 3.63) is 0 Å². The molecular formula is C12H22N6O9+2. The molecule has 2 rings (SSSR count). The predicted molar refractivity (Wildman–Crippen MR) is 78.8 cm³/mol. The second-order valence-corrected chi connectivity index (χ2v) is 6.04. The van der Waals surface area contributed by atoms with Gasteiger partial charge in [0.15, 0.2) is 19.4 Å². The van der Waals surface area contributed by atoms with E-state index in [0.29, 0.717) is 0 Å². The van der Waals surface area contributed by atoms with Crippen LogP contribution in [0.5, 0.6) is 0 Å². The van der Waals surface area contributed by atoms with Crippen molar-refractivity contribution < 1.29 is 44.8 Å². The lowest BCUT2D eigenvalue weighted by atomic mass is 9.98. The van der Waals surface area contributed by atoms with Gasteiger partial charge in [-0.05, 0) is 0 Å². The van der Waals surface area contributed by atoms with E-state index in [4.69, 9.17) is 25.3 Å². The van der Waals surface area contributed by atoms with Gasteiger partial charge in [-0.25, -0.2) is 0 Å². The fourth-order valence-electron chi connectivity index (χ4n) is 2.87. The Morgan fingerprint density at radius 2 is 1.48 bits per heavy atom. The molecular weight excluding hydrogens is 372 g/mol. The van der Waals surface area contributed by atoms with Gasteiger partial charge in [-0.1, -0.05) is 0 Å². The van der Waals surface area contributed by atoms with E-state index in [1.54, 1.807) is 0 Å². The summed E-state index contributed by atoms with van der Waals surface area (Å²) in [5.41, 5.74) is 13.3. The van der Waals surface area contributed by atoms with Crippen LogP contribution in [0, 0.1) is 11.1 Å². The smallest absolute Gasteiger partial charge is 0.224 e. The Kier molecular flexibility index (Phi) is 7.16. The quantitative estimate of drug-likeness (QED) is 0.153. The third kappa shape index (κ3) is 4.24. The highest BCUT2D eigenvalue weighted by Gasteiger charge is 2.58. The van der Waals surface area contributed by atoms with Gasteiger partial charge in [0.05, 0.1) is 0 Å². The summed E-state index contributed by atoms with van der Waals surface area (Å²) in [7, 11) is 0. The largest absolute Gasteiger partial charge is 0.391 e. The Morgan fingerprint density at radius 1 is 0.889 bits per heavy atom. The first kappa shape index (κ1) is 21.6. The zero-order chi connectivity index (χ0) is 20.2. The third-order valence-electron chi connectivity index (χ3n) is 4.38. The van der Waals surface area contributed by atoms with Crippen LogP contribution in [-0.2, 0) is 14.2 Å². The predicted octanol–water partition coefficient (Wildman–Crippen LogP) is -4.28. The molecule has 0 amide bonds. The molecule has 2 aliphatic heterocycles. The maximum atomic E-state index is 10.2. The molecule has 0 aromatic carbocycles. The van der Waals surface area contributed by atoms with E-state index < -0.39 is 61.4 Å².